The molecule has 0 bridgehead atoms. The number of hydrogen-bond acceptors (Lipinski definition) is 5. The van der Waals surface area contributed by atoms with E-state index in [0.717, 1.165) is 35.1 Å². The van der Waals surface area contributed by atoms with Gasteiger partial charge in [-0.3, -0.25) is 4.79 Å². The minimum absolute atomic E-state index is 0.389. The number of aldehydes is 1. The average Bonchev–Trinajstić information content (AvgIpc) is 2.59. The number of nitrogens with zero attached hydrogens (tertiary/aromatic N) is 3. The minimum Gasteiger partial charge on any atom is -0.344 e. The van der Waals surface area contributed by atoms with E-state index in [2.05, 4.69) is 42.7 Å². The number of aromatic nitrogens is 1. The van der Waals surface area contributed by atoms with Gasteiger partial charge in [-0.15, -0.1) is 0 Å². The standard InChI is InChI=1S/C12H21N3OS/c1-6-15(9(2)7-14(4)5)12-13-10(3)11(8-16)17-12/h8-9H,6-7H2,1-5H3. The maximum atomic E-state index is 10.8. The Morgan fingerprint density at radius 2 is 2.12 bits per heavy atom. The Morgan fingerprint density at radius 1 is 1.47 bits per heavy atom. The third-order valence-corrected chi connectivity index (χ3v) is 3.80. The highest BCUT2D eigenvalue weighted by molar-refractivity contribution is 7.17. The van der Waals surface area contributed by atoms with Crippen LogP contribution < -0.4 is 4.90 Å². The number of anilines is 1. The Kier molecular flexibility index (Phi) is 5.08. The smallest absolute Gasteiger partial charge is 0.186 e. The highest BCUT2D eigenvalue weighted by Crippen LogP contribution is 2.26. The van der Waals surface area contributed by atoms with Crippen LogP contribution in [0.1, 0.15) is 29.2 Å². The molecule has 0 N–H and O–H groups in total. The molecule has 0 aliphatic rings. The van der Waals surface area contributed by atoms with Crippen LogP contribution in [0.25, 0.3) is 0 Å². The molecule has 17 heavy (non-hydrogen) atoms. The van der Waals surface area contributed by atoms with E-state index in [1.807, 2.05) is 6.92 Å². The second-order valence-corrected chi connectivity index (χ2v) is 5.47. The van der Waals surface area contributed by atoms with Crippen molar-refractivity contribution in [3.8, 4) is 0 Å². The van der Waals surface area contributed by atoms with Gasteiger partial charge < -0.3 is 9.80 Å². The minimum atomic E-state index is 0.389. The lowest BCUT2D eigenvalue weighted by molar-refractivity contribution is 0.112. The summed E-state index contributed by atoms with van der Waals surface area (Å²) in [6.07, 6.45) is 0.890. The van der Waals surface area contributed by atoms with Gasteiger partial charge in [-0.05, 0) is 34.9 Å². The first-order valence-corrected chi connectivity index (χ1v) is 6.65. The molecule has 1 aromatic rings. The van der Waals surface area contributed by atoms with Crippen LogP contribution in [0.3, 0.4) is 0 Å². The highest BCUT2D eigenvalue weighted by Gasteiger charge is 2.18. The molecule has 1 atom stereocenters. The van der Waals surface area contributed by atoms with E-state index in [-0.39, 0.29) is 0 Å². The Labute approximate surface area is 107 Å². The Balaban J connectivity index is 2.88. The van der Waals surface area contributed by atoms with Gasteiger partial charge in [0, 0.05) is 19.1 Å². The summed E-state index contributed by atoms with van der Waals surface area (Å²) in [5.74, 6) is 0. The fraction of sp³-hybridized carbons (Fsp3) is 0.667. The van der Waals surface area contributed by atoms with Crippen molar-refractivity contribution in [2.75, 3.05) is 32.1 Å². The Hall–Kier alpha value is -0.940. The zero-order valence-corrected chi connectivity index (χ0v) is 12.0. The van der Waals surface area contributed by atoms with Crippen molar-refractivity contribution in [2.24, 2.45) is 0 Å². The molecule has 0 spiro atoms. The third-order valence-electron chi connectivity index (χ3n) is 2.68. The summed E-state index contributed by atoms with van der Waals surface area (Å²) in [5.41, 5.74) is 0.829. The van der Waals surface area contributed by atoms with Gasteiger partial charge in [-0.1, -0.05) is 11.3 Å². The largest absolute Gasteiger partial charge is 0.344 e. The van der Waals surface area contributed by atoms with E-state index in [1.54, 1.807) is 0 Å². The summed E-state index contributed by atoms with van der Waals surface area (Å²) < 4.78 is 0. The van der Waals surface area contributed by atoms with Crippen molar-refractivity contribution in [2.45, 2.75) is 26.8 Å². The van der Waals surface area contributed by atoms with Gasteiger partial charge >= 0.3 is 0 Å². The van der Waals surface area contributed by atoms with Gasteiger partial charge in [0.05, 0.1) is 10.6 Å². The van der Waals surface area contributed by atoms with Crippen LogP contribution in [0.2, 0.25) is 0 Å². The number of aryl methyl sites for hydroxylation is 1. The molecular formula is C12H21N3OS. The molecule has 0 radical (unpaired) electrons. The Bertz CT molecular complexity index is 376. The number of likely N-dealkylation sites (N-methyl/N-ethyl adjacent to an activating group) is 2. The predicted molar refractivity (Wildman–Crippen MR) is 73.3 cm³/mol. The topological polar surface area (TPSA) is 36.4 Å². The van der Waals surface area contributed by atoms with Crippen molar-refractivity contribution in [1.29, 1.82) is 0 Å². The first kappa shape index (κ1) is 14.1. The van der Waals surface area contributed by atoms with Crippen molar-refractivity contribution in [3.63, 3.8) is 0 Å². The Morgan fingerprint density at radius 3 is 2.53 bits per heavy atom. The lowest BCUT2D eigenvalue weighted by Gasteiger charge is -2.29. The van der Waals surface area contributed by atoms with E-state index in [0.29, 0.717) is 6.04 Å². The van der Waals surface area contributed by atoms with Gasteiger partial charge in [0.15, 0.2) is 11.4 Å². The molecule has 1 aromatic heterocycles. The first-order chi connectivity index (χ1) is 7.99. The van der Waals surface area contributed by atoms with E-state index in [1.165, 1.54) is 11.3 Å². The molecule has 5 heteroatoms. The summed E-state index contributed by atoms with van der Waals surface area (Å²) in [6, 6.07) is 0.389. The SMILES string of the molecule is CCN(c1nc(C)c(C=O)s1)C(C)CN(C)C. The summed E-state index contributed by atoms with van der Waals surface area (Å²) >= 11 is 1.48. The molecule has 0 aliphatic carbocycles. The summed E-state index contributed by atoms with van der Waals surface area (Å²) in [4.78, 5) is 20.5. The molecule has 0 aromatic carbocycles. The van der Waals surface area contributed by atoms with Crippen LogP contribution in [0, 0.1) is 6.92 Å². The predicted octanol–water partition coefficient (Wildman–Crippen LogP) is 2.04. The molecule has 0 saturated carbocycles. The monoisotopic (exact) mass is 255 g/mol. The van der Waals surface area contributed by atoms with Gasteiger partial charge in [-0.25, -0.2) is 4.98 Å². The van der Waals surface area contributed by atoms with E-state index in [9.17, 15) is 4.79 Å². The van der Waals surface area contributed by atoms with Crippen molar-refractivity contribution in [1.82, 2.24) is 9.88 Å². The molecule has 1 rings (SSSR count). The van der Waals surface area contributed by atoms with E-state index >= 15 is 0 Å². The molecule has 4 nitrogen and oxygen atoms in total. The first-order valence-electron chi connectivity index (χ1n) is 5.83. The maximum Gasteiger partial charge on any atom is 0.186 e. The molecule has 1 heterocycles. The second kappa shape index (κ2) is 6.12. The molecule has 96 valence electrons. The molecule has 0 fully saturated rings. The van der Waals surface area contributed by atoms with Crippen molar-refractivity contribution < 1.29 is 4.79 Å². The number of carbonyl (C=O) groups is 1. The number of thiazole rings is 1. The van der Waals surface area contributed by atoms with Gasteiger partial charge in [0.25, 0.3) is 0 Å². The van der Waals surface area contributed by atoms with Gasteiger partial charge in [-0.2, -0.15) is 0 Å². The van der Waals surface area contributed by atoms with Gasteiger partial charge in [0.1, 0.15) is 0 Å². The average molecular weight is 255 g/mol. The van der Waals surface area contributed by atoms with Gasteiger partial charge in [0.2, 0.25) is 0 Å². The summed E-state index contributed by atoms with van der Waals surface area (Å²) in [6.45, 7) is 8.06. The lowest BCUT2D eigenvalue weighted by Crippen LogP contribution is -2.40. The van der Waals surface area contributed by atoms with Crippen LogP contribution >= 0.6 is 11.3 Å². The van der Waals surface area contributed by atoms with Crippen LogP contribution in [0.15, 0.2) is 0 Å². The number of hydrogen-bond donors (Lipinski definition) is 0. The number of carbonyl (C=O) groups excluding carboxylic acids is 1. The molecule has 0 saturated heterocycles. The van der Waals surface area contributed by atoms with E-state index in [4.69, 9.17) is 0 Å². The van der Waals surface area contributed by atoms with E-state index < -0.39 is 0 Å². The molecule has 0 amide bonds. The van der Waals surface area contributed by atoms with Crippen molar-refractivity contribution >= 4 is 22.8 Å². The van der Waals surface area contributed by atoms with Crippen molar-refractivity contribution in [3.05, 3.63) is 10.6 Å². The third kappa shape index (κ3) is 3.51. The molecule has 0 aliphatic heterocycles. The van der Waals surface area contributed by atoms with Crippen LogP contribution in [-0.4, -0.2) is 49.4 Å². The molecular weight excluding hydrogens is 234 g/mol. The fourth-order valence-corrected chi connectivity index (χ4v) is 2.94. The zero-order valence-electron chi connectivity index (χ0n) is 11.2. The zero-order chi connectivity index (χ0) is 13.0. The maximum absolute atomic E-state index is 10.8. The normalized spacial score (nSPS) is 12.8. The van der Waals surface area contributed by atoms with Crippen LogP contribution in [0.4, 0.5) is 5.13 Å². The molecule has 1 unspecified atom stereocenters. The number of rotatable bonds is 6. The van der Waals surface area contributed by atoms with Crippen LogP contribution in [-0.2, 0) is 0 Å². The lowest BCUT2D eigenvalue weighted by atomic mass is 10.3. The quantitative estimate of drug-likeness (QED) is 0.729. The summed E-state index contributed by atoms with van der Waals surface area (Å²) in [5, 5.41) is 0.946. The van der Waals surface area contributed by atoms with Crippen LogP contribution in [0.5, 0.6) is 0 Å². The second-order valence-electron chi connectivity index (χ2n) is 4.46. The highest BCUT2D eigenvalue weighted by atomic mass is 32.1. The summed E-state index contributed by atoms with van der Waals surface area (Å²) in [7, 11) is 4.13. The fourth-order valence-electron chi connectivity index (χ4n) is 1.89.